The van der Waals surface area contributed by atoms with E-state index in [1.54, 1.807) is 15.8 Å². The van der Waals surface area contributed by atoms with Crippen molar-refractivity contribution in [1.82, 2.24) is 14.5 Å². The Morgan fingerprint density at radius 1 is 1.15 bits per heavy atom. The van der Waals surface area contributed by atoms with Crippen LogP contribution < -0.4 is 0 Å². The van der Waals surface area contributed by atoms with Crippen LogP contribution in [0.3, 0.4) is 0 Å². The maximum atomic E-state index is 13.0. The molecule has 2 aromatic heterocycles. The fraction of sp³-hybridized carbons (Fsp3) is 0.333. The minimum absolute atomic E-state index is 0.318. The molecule has 0 saturated heterocycles. The number of hydrogen-bond acceptors (Lipinski definition) is 6. The van der Waals surface area contributed by atoms with E-state index in [-0.39, 0.29) is 0 Å². The van der Waals surface area contributed by atoms with Gasteiger partial charge in [0.05, 0.1) is 5.56 Å². The van der Waals surface area contributed by atoms with E-state index in [2.05, 4.69) is 16.3 Å². The molecule has 134 valence electrons. The Hall–Kier alpha value is -2.03. The predicted molar refractivity (Wildman–Crippen MR) is 97.3 cm³/mol. The lowest BCUT2D eigenvalue weighted by Crippen LogP contribution is -2.35. The van der Waals surface area contributed by atoms with Crippen LogP contribution in [-0.2, 0) is 23.0 Å². The second kappa shape index (κ2) is 6.00. The highest BCUT2D eigenvalue weighted by Gasteiger charge is 2.31. The first-order valence-electron chi connectivity index (χ1n) is 8.60. The van der Waals surface area contributed by atoms with Gasteiger partial charge in [0.1, 0.15) is 4.21 Å². The summed E-state index contributed by atoms with van der Waals surface area (Å²) in [5.74, 6) is 1.43. The lowest BCUT2D eigenvalue weighted by molar-refractivity contribution is 0.392. The van der Waals surface area contributed by atoms with Gasteiger partial charge in [-0.1, -0.05) is 24.3 Å². The average Bonchev–Trinajstić information content (AvgIpc) is 3.19. The lowest BCUT2D eigenvalue weighted by atomic mass is 10.0. The van der Waals surface area contributed by atoms with Gasteiger partial charge >= 0.3 is 0 Å². The number of fused-ring (bicyclic) bond motifs is 1. The molecular formula is C18H17N3O3S2. The molecule has 0 unspecified atom stereocenters. The monoisotopic (exact) mass is 387 g/mol. The molecule has 0 amide bonds. The van der Waals surface area contributed by atoms with E-state index in [4.69, 9.17) is 4.42 Å². The van der Waals surface area contributed by atoms with Gasteiger partial charge in [-0.3, -0.25) is 0 Å². The Labute approximate surface area is 155 Å². The maximum absolute atomic E-state index is 13.0. The van der Waals surface area contributed by atoms with Gasteiger partial charge in [0.25, 0.3) is 10.0 Å². The van der Waals surface area contributed by atoms with Crippen LogP contribution in [0.5, 0.6) is 0 Å². The number of hydrogen-bond donors (Lipinski definition) is 0. The number of sulfonamides is 1. The van der Waals surface area contributed by atoms with Crippen molar-refractivity contribution in [2.75, 3.05) is 6.54 Å². The van der Waals surface area contributed by atoms with Crippen molar-refractivity contribution in [3.8, 4) is 11.5 Å². The largest absolute Gasteiger partial charge is 0.420 e. The van der Waals surface area contributed by atoms with Crippen molar-refractivity contribution in [3.05, 3.63) is 52.7 Å². The van der Waals surface area contributed by atoms with Crippen molar-refractivity contribution >= 4 is 21.4 Å². The quantitative estimate of drug-likeness (QED) is 0.686. The molecule has 6 nitrogen and oxygen atoms in total. The second-order valence-corrected chi connectivity index (χ2v) is 9.81. The fourth-order valence-corrected chi connectivity index (χ4v) is 5.94. The summed E-state index contributed by atoms with van der Waals surface area (Å²) in [6.07, 6.45) is 2.91. The third kappa shape index (κ3) is 2.78. The molecular weight excluding hydrogens is 370 g/mol. The summed E-state index contributed by atoms with van der Waals surface area (Å²) in [6, 6.07) is 9.65. The molecule has 1 aliphatic carbocycles. The van der Waals surface area contributed by atoms with Crippen LogP contribution in [-0.4, -0.2) is 29.5 Å². The van der Waals surface area contributed by atoms with Gasteiger partial charge < -0.3 is 4.42 Å². The molecule has 1 fully saturated rings. The van der Waals surface area contributed by atoms with Gasteiger partial charge in [0.15, 0.2) is 0 Å². The molecule has 0 bridgehead atoms. The molecule has 8 heteroatoms. The number of aromatic nitrogens is 2. The van der Waals surface area contributed by atoms with Crippen molar-refractivity contribution in [1.29, 1.82) is 0 Å². The summed E-state index contributed by atoms with van der Waals surface area (Å²) in [7, 11) is -3.53. The van der Waals surface area contributed by atoms with Crippen LogP contribution >= 0.6 is 11.3 Å². The van der Waals surface area contributed by atoms with Crippen LogP contribution in [0.15, 0.2) is 44.3 Å². The molecule has 0 spiro atoms. The third-order valence-corrected chi connectivity index (χ3v) is 8.14. The molecule has 3 aromatic rings. The number of benzene rings is 1. The number of rotatable bonds is 4. The Bertz CT molecular complexity index is 1070. The maximum Gasteiger partial charge on any atom is 0.252 e. The Balaban J connectivity index is 1.41. The topological polar surface area (TPSA) is 76.3 Å². The minimum Gasteiger partial charge on any atom is -0.420 e. The number of nitrogens with zero attached hydrogens (tertiary/aromatic N) is 3. The van der Waals surface area contributed by atoms with E-state index in [0.29, 0.717) is 40.6 Å². The van der Waals surface area contributed by atoms with Crippen molar-refractivity contribution < 1.29 is 12.8 Å². The smallest absolute Gasteiger partial charge is 0.252 e. The van der Waals surface area contributed by atoms with E-state index in [0.717, 1.165) is 24.8 Å². The third-order valence-electron chi connectivity index (χ3n) is 4.88. The summed E-state index contributed by atoms with van der Waals surface area (Å²) in [5, 5.41) is 9.91. The first-order valence-corrected chi connectivity index (χ1v) is 10.9. The Kier molecular flexibility index (Phi) is 3.73. The summed E-state index contributed by atoms with van der Waals surface area (Å²) in [6.45, 7) is 0.914. The lowest BCUT2D eigenvalue weighted by Gasteiger charge is -2.27. The van der Waals surface area contributed by atoms with Gasteiger partial charge in [-0.2, -0.15) is 4.31 Å². The highest BCUT2D eigenvalue weighted by atomic mass is 32.2. The van der Waals surface area contributed by atoms with Crippen LogP contribution in [0, 0.1) is 0 Å². The molecule has 0 atom stereocenters. The predicted octanol–water partition coefficient (Wildman–Crippen LogP) is 3.42. The molecule has 1 saturated carbocycles. The fourth-order valence-electron chi connectivity index (χ4n) is 3.21. The van der Waals surface area contributed by atoms with Crippen molar-refractivity contribution in [2.24, 2.45) is 0 Å². The zero-order chi connectivity index (χ0) is 17.7. The Morgan fingerprint density at radius 2 is 1.96 bits per heavy atom. The van der Waals surface area contributed by atoms with Gasteiger partial charge in [0.2, 0.25) is 11.8 Å². The van der Waals surface area contributed by atoms with E-state index in [9.17, 15) is 8.42 Å². The molecule has 2 aliphatic rings. The molecule has 0 radical (unpaired) electrons. The van der Waals surface area contributed by atoms with E-state index in [1.165, 1.54) is 16.9 Å². The van der Waals surface area contributed by atoms with Crippen molar-refractivity contribution in [3.63, 3.8) is 0 Å². The zero-order valence-corrected chi connectivity index (χ0v) is 15.6. The zero-order valence-electron chi connectivity index (χ0n) is 14.0. The van der Waals surface area contributed by atoms with Crippen LogP contribution in [0.25, 0.3) is 11.5 Å². The van der Waals surface area contributed by atoms with E-state index >= 15 is 0 Å². The molecule has 26 heavy (non-hydrogen) atoms. The molecule has 1 aromatic carbocycles. The summed E-state index contributed by atoms with van der Waals surface area (Å²) >= 11 is 1.20. The average molecular weight is 387 g/mol. The van der Waals surface area contributed by atoms with Gasteiger partial charge in [-0.15, -0.1) is 21.5 Å². The molecule has 0 N–H and O–H groups in total. The highest BCUT2D eigenvalue weighted by Crippen LogP contribution is 2.40. The molecule has 5 rings (SSSR count). The molecule has 1 aliphatic heterocycles. The van der Waals surface area contributed by atoms with Crippen LogP contribution in [0.1, 0.15) is 35.8 Å². The summed E-state index contributed by atoms with van der Waals surface area (Å²) in [4.78, 5) is 0. The normalized spacial score (nSPS) is 18.0. The standard InChI is InChI=1S/C18H17N3O3S2/c22-26(23,21-8-7-12-3-1-2-4-14(12)10-21)16-9-15(11-25-16)18-20-19-17(24-18)13-5-6-13/h1-4,9,11,13H,5-8,10H2. The second-order valence-electron chi connectivity index (χ2n) is 6.73. The first kappa shape index (κ1) is 16.2. The van der Waals surface area contributed by atoms with Gasteiger partial charge in [-0.05, 0) is 36.5 Å². The number of thiophene rings is 1. The summed E-state index contributed by atoms with van der Waals surface area (Å²) < 4.78 is 33.6. The van der Waals surface area contributed by atoms with Gasteiger partial charge in [0, 0.05) is 24.4 Å². The minimum atomic E-state index is -3.53. The van der Waals surface area contributed by atoms with E-state index in [1.807, 2.05) is 18.2 Å². The Morgan fingerprint density at radius 3 is 2.77 bits per heavy atom. The van der Waals surface area contributed by atoms with Crippen molar-refractivity contribution in [2.45, 2.75) is 35.9 Å². The van der Waals surface area contributed by atoms with E-state index < -0.39 is 10.0 Å². The first-order chi connectivity index (χ1) is 12.6. The van der Waals surface area contributed by atoms with Crippen LogP contribution in [0.2, 0.25) is 0 Å². The summed E-state index contributed by atoms with van der Waals surface area (Å²) in [5.41, 5.74) is 2.97. The van der Waals surface area contributed by atoms with Crippen LogP contribution in [0.4, 0.5) is 0 Å². The highest BCUT2D eigenvalue weighted by molar-refractivity contribution is 7.91. The SMILES string of the molecule is O=S(=O)(c1cc(-c2nnc(C3CC3)o2)cs1)N1CCc2ccccc2C1. The van der Waals surface area contributed by atoms with Gasteiger partial charge in [-0.25, -0.2) is 8.42 Å². The molecule has 3 heterocycles.